The van der Waals surface area contributed by atoms with Gasteiger partial charge >= 0.3 is 5.88 Å². The van der Waals surface area contributed by atoms with E-state index in [1.54, 1.807) is 0 Å². The van der Waals surface area contributed by atoms with Gasteiger partial charge in [-0.1, -0.05) is 0 Å². The topological polar surface area (TPSA) is 97.7 Å². The van der Waals surface area contributed by atoms with E-state index < -0.39 is 4.92 Å². The fraction of sp³-hybridized carbons (Fsp3) is 0.250. The van der Waals surface area contributed by atoms with Crippen LogP contribution in [0.1, 0.15) is 18.6 Å². The van der Waals surface area contributed by atoms with Gasteiger partial charge in [0.25, 0.3) is 0 Å². The quantitative estimate of drug-likeness (QED) is 0.575. The molecule has 78 valence electrons. The summed E-state index contributed by atoms with van der Waals surface area (Å²) < 4.78 is 4.94. The first-order chi connectivity index (χ1) is 7.16. The molecule has 0 spiro atoms. The van der Waals surface area contributed by atoms with Crippen LogP contribution in [-0.4, -0.2) is 16.5 Å². The van der Waals surface area contributed by atoms with Crippen molar-refractivity contribution in [3.63, 3.8) is 0 Å². The molecule has 15 heavy (non-hydrogen) atoms. The Bertz CT molecular complexity index is 448. The standard InChI is InChI=1S/C8H7N3O4/c12-7-3-1-5(9-10-7)6-2-4-8(15-6)11(13)14/h2,4H,1,3H2,(H,10,12). The van der Waals surface area contributed by atoms with Gasteiger partial charge in [-0.2, -0.15) is 5.10 Å². The molecule has 0 unspecified atom stereocenters. The Hall–Kier alpha value is -2.18. The zero-order valence-electron chi connectivity index (χ0n) is 7.60. The van der Waals surface area contributed by atoms with Crippen LogP contribution in [0.3, 0.4) is 0 Å². The predicted molar refractivity (Wildman–Crippen MR) is 49.3 cm³/mol. The lowest BCUT2D eigenvalue weighted by Crippen LogP contribution is -2.25. The summed E-state index contributed by atoms with van der Waals surface area (Å²) in [5.74, 6) is -0.175. The maximum atomic E-state index is 10.8. The lowest BCUT2D eigenvalue weighted by molar-refractivity contribution is -0.402. The number of carbonyl (C=O) groups excluding carboxylic acids is 1. The molecule has 0 saturated carbocycles. The van der Waals surface area contributed by atoms with E-state index in [2.05, 4.69) is 10.5 Å². The van der Waals surface area contributed by atoms with Crippen LogP contribution in [-0.2, 0) is 4.79 Å². The Labute approximate surface area is 83.9 Å². The molecule has 2 rings (SSSR count). The van der Waals surface area contributed by atoms with E-state index in [1.807, 2.05) is 0 Å². The highest BCUT2D eigenvalue weighted by molar-refractivity contribution is 6.02. The van der Waals surface area contributed by atoms with E-state index in [0.29, 0.717) is 24.3 Å². The van der Waals surface area contributed by atoms with Crippen LogP contribution in [0, 0.1) is 10.1 Å². The number of nitrogens with one attached hydrogen (secondary N) is 1. The molecule has 1 aliphatic heterocycles. The van der Waals surface area contributed by atoms with Crippen LogP contribution in [0.25, 0.3) is 0 Å². The van der Waals surface area contributed by atoms with Crippen LogP contribution in [0.5, 0.6) is 0 Å². The van der Waals surface area contributed by atoms with E-state index >= 15 is 0 Å². The molecule has 0 aromatic carbocycles. The van der Waals surface area contributed by atoms with E-state index in [4.69, 9.17) is 4.42 Å². The number of hydrogen-bond acceptors (Lipinski definition) is 5. The minimum absolute atomic E-state index is 0.167. The third kappa shape index (κ3) is 1.85. The first kappa shape index (κ1) is 9.38. The molecule has 7 heteroatoms. The molecule has 0 aliphatic carbocycles. The Kier molecular flexibility index (Phi) is 2.20. The predicted octanol–water partition coefficient (Wildman–Crippen LogP) is 0.802. The van der Waals surface area contributed by atoms with Crippen molar-refractivity contribution in [1.82, 2.24) is 5.43 Å². The molecule has 0 radical (unpaired) electrons. The SMILES string of the molecule is O=C1CCC(c2ccc([N+](=O)[O-])o2)=NN1. The minimum atomic E-state index is -0.620. The van der Waals surface area contributed by atoms with E-state index in [9.17, 15) is 14.9 Å². The van der Waals surface area contributed by atoms with Crippen LogP contribution in [0.2, 0.25) is 0 Å². The number of rotatable bonds is 2. The molecule has 1 aromatic heterocycles. The normalized spacial score (nSPS) is 15.7. The highest BCUT2D eigenvalue weighted by Gasteiger charge is 2.19. The molecule has 1 aromatic rings. The smallest absolute Gasteiger partial charge is 0.399 e. The van der Waals surface area contributed by atoms with Crippen molar-refractivity contribution in [2.45, 2.75) is 12.8 Å². The van der Waals surface area contributed by atoms with Gasteiger partial charge in [0.05, 0.1) is 6.07 Å². The number of carbonyl (C=O) groups is 1. The zero-order chi connectivity index (χ0) is 10.8. The van der Waals surface area contributed by atoms with Gasteiger partial charge in [0.15, 0.2) is 5.76 Å². The summed E-state index contributed by atoms with van der Waals surface area (Å²) >= 11 is 0. The largest absolute Gasteiger partial charge is 0.433 e. The van der Waals surface area contributed by atoms with E-state index in [-0.39, 0.29) is 11.8 Å². The first-order valence-corrected chi connectivity index (χ1v) is 4.27. The number of furan rings is 1. The number of hydrogen-bond donors (Lipinski definition) is 1. The Morgan fingerprint density at radius 1 is 1.47 bits per heavy atom. The Morgan fingerprint density at radius 3 is 2.80 bits per heavy atom. The van der Waals surface area contributed by atoms with Crippen molar-refractivity contribution in [2.75, 3.05) is 0 Å². The molecular weight excluding hydrogens is 202 g/mol. The van der Waals surface area contributed by atoms with Gasteiger partial charge in [-0.3, -0.25) is 14.9 Å². The number of amides is 1. The van der Waals surface area contributed by atoms with Crippen molar-refractivity contribution in [3.05, 3.63) is 28.0 Å². The molecule has 1 aliphatic rings. The fourth-order valence-electron chi connectivity index (χ4n) is 1.23. The van der Waals surface area contributed by atoms with Crippen LogP contribution in [0.15, 0.2) is 21.7 Å². The molecule has 2 heterocycles. The summed E-state index contributed by atoms with van der Waals surface area (Å²) in [6.07, 6.45) is 0.740. The van der Waals surface area contributed by atoms with Crippen LogP contribution >= 0.6 is 0 Å². The lowest BCUT2D eigenvalue weighted by atomic mass is 10.1. The molecule has 0 fully saturated rings. The molecule has 0 bridgehead atoms. The second-order valence-corrected chi connectivity index (χ2v) is 2.99. The van der Waals surface area contributed by atoms with E-state index in [1.165, 1.54) is 12.1 Å². The minimum Gasteiger partial charge on any atom is -0.399 e. The van der Waals surface area contributed by atoms with E-state index in [0.717, 1.165) is 0 Å². The van der Waals surface area contributed by atoms with Gasteiger partial charge in [-0.25, -0.2) is 5.43 Å². The monoisotopic (exact) mass is 209 g/mol. The summed E-state index contributed by atoms with van der Waals surface area (Å²) in [5, 5.41) is 14.1. The van der Waals surface area contributed by atoms with Crippen molar-refractivity contribution < 1.29 is 14.1 Å². The summed E-state index contributed by atoms with van der Waals surface area (Å²) in [6.45, 7) is 0. The highest BCUT2D eigenvalue weighted by Crippen LogP contribution is 2.18. The molecule has 7 nitrogen and oxygen atoms in total. The third-order valence-electron chi connectivity index (χ3n) is 1.96. The zero-order valence-corrected chi connectivity index (χ0v) is 7.60. The summed E-state index contributed by atoms with van der Waals surface area (Å²) in [4.78, 5) is 20.5. The second-order valence-electron chi connectivity index (χ2n) is 2.99. The number of hydrazone groups is 1. The summed E-state index contributed by atoms with van der Waals surface area (Å²) in [5.41, 5.74) is 2.80. The number of nitro groups is 1. The summed E-state index contributed by atoms with van der Waals surface area (Å²) in [7, 11) is 0. The molecule has 0 saturated heterocycles. The lowest BCUT2D eigenvalue weighted by Gasteiger charge is -2.08. The first-order valence-electron chi connectivity index (χ1n) is 4.27. The molecule has 1 N–H and O–H groups in total. The van der Waals surface area contributed by atoms with Gasteiger partial charge in [-0.05, 0) is 6.07 Å². The molecular formula is C8H7N3O4. The van der Waals surface area contributed by atoms with Gasteiger partial charge in [-0.15, -0.1) is 0 Å². The summed E-state index contributed by atoms with van der Waals surface area (Å²) in [6, 6.07) is 2.72. The van der Waals surface area contributed by atoms with Crippen molar-refractivity contribution >= 4 is 17.5 Å². The fourth-order valence-corrected chi connectivity index (χ4v) is 1.23. The molecule has 0 atom stereocenters. The second kappa shape index (κ2) is 3.52. The number of nitrogens with zero attached hydrogens (tertiary/aromatic N) is 2. The molecule has 1 amide bonds. The highest BCUT2D eigenvalue weighted by atomic mass is 16.6. The average molecular weight is 209 g/mol. The Morgan fingerprint density at radius 2 is 2.27 bits per heavy atom. The Balaban J connectivity index is 2.23. The van der Waals surface area contributed by atoms with Gasteiger partial charge in [0.1, 0.15) is 10.6 Å². The van der Waals surface area contributed by atoms with Gasteiger partial charge < -0.3 is 4.42 Å². The van der Waals surface area contributed by atoms with Gasteiger partial charge in [0, 0.05) is 12.8 Å². The van der Waals surface area contributed by atoms with Crippen molar-refractivity contribution in [1.29, 1.82) is 0 Å². The maximum absolute atomic E-state index is 10.8. The van der Waals surface area contributed by atoms with Crippen LogP contribution in [0.4, 0.5) is 5.88 Å². The maximum Gasteiger partial charge on any atom is 0.433 e. The average Bonchev–Trinajstić information content (AvgIpc) is 2.68. The van der Waals surface area contributed by atoms with Gasteiger partial charge in [0.2, 0.25) is 5.91 Å². The third-order valence-corrected chi connectivity index (χ3v) is 1.96. The van der Waals surface area contributed by atoms with Crippen molar-refractivity contribution in [3.8, 4) is 0 Å². The van der Waals surface area contributed by atoms with Crippen LogP contribution < -0.4 is 5.43 Å². The van der Waals surface area contributed by atoms with Crippen molar-refractivity contribution in [2.24, 2.45) is 5.10 Å².